The summed E-state index contributed by atoms with van der Waals surface area (Å²) in [4.78, 5) is 11.9. The largest absolute Gasteiger partial charge is 0.324 e. The Kier molecular flexibility index (Phi) is 3.78. The Morgan fingerprint density at radius 1 is 1.45 bits per heavy atom. The van der Waals surface area contributed by atoms with Gasteiger partial charge in [-0.1, -0.05) is 12.1 Å². The minimum absolute atomic E-state index is 0. The number of halogens is 1. The topological polar surface area (TPSA) is 85.8 Å². The fourth-order valence-electron chi connectivity index (χ4n) is 1.90. The molecular weight excluding hydrogens is 278 g/mol. The van der Waals surface area contributed by atoms with Crippen LogP contribution in [0.25, 0.3) is 11.4 Å². The second-order valence-corrected chi connectivity index (χ2v) is 4.96. The molecule has 1 amide bonds. The summed E-state index contributed by atoms with van der Waals surface area (Å²) in [5.74, 6) is 0.632. The molecule has 0 aliphatic heterocycles. The first-order valence-corrected chi connectivity index (χ1v) is 6.13. The van der Waals surface area contributed by atoms with Gasteiger partial charge in [-0.3, -0.25) is 4.79 Å². The fourth-order valence-corrected chi connectivity index (χ4v) is 1.90. The van der Waals surface area contributed by atoms with Gasteiger partial charge >= 0.3 is 0 Å². The van der Waals surface area contributed by atoms with Crippen LogP contribution in [0.5, 0.6) is 0 Å². The smallest absolute Gasteiger partial charge is 0.244 e. The van der Waals surface area contributed by atoms with Crippen molar-refractivity contribution in [3.8, 4) is 11.4 Å². The molecule has 0 radical (unpaired) electrons. The quantitative estimate of drug-likeness (QED) is 0.894. The highest BCUT2D eigenvalue weighted by atomic mass is 35.5. The maximum atomic E-state index is 11.9. The van der Waals surface area contributed by atoms with E-state index in [1.807, 2.05) is 35.9 Å². The zero-order valence-corrected chi connectivity index (χ0v) is 11.9. The highest BCUT2D eigenvalue weighted by Crippen LogP contribution is 2.33. The first kappa shape index (κ1) is 14.5. The third-order valence-corrected chi connectivity index (χ3v) is 3.33. The van der Waals surface area contributed by atoms with Crippen molar-refractivity contribution >= 4 is 24.0 Å². The van der Waals surface area contributed by atoms with Crippen molar-refractivity contribution in [1.82, 2.24) is 14.8 Å². The molecule has 1 aliphatic rings. The lowest BCUT2D eigenvalue weighted by Crippen LogP contribution is -2.37. The maximum absolute atomic E-state index is 11.9. The molecule has 1 heterocycles. The molecule has 3 N–H and O–H groups in total. The molecule has 7 heteroatoms. The third kappa shape index (κ3) is 2.66. The van der Waals surface area contributed by atoms with E-state index in [2.05, 4.69) is 15.5 Å². The predicted octanol–water partition coefficient (Wildman–Crippen LogP) is 1.33. The Morgan fingerprint density at radius 3 is 2.80 bits per heavy atom. The Bertz CT molecular complexity index is 635. The van der Waals surface area contributed by atoms with Crippen molar-refractivity contribution < 1.29 is 4.79 Å². The summed E-state index contributed by atoms with van der Waals surface area (Å²) in [6, 6.07) is 7.50. The Labute approximate surface area is 122 Å². The first-order valence-electron chi connectivity index (χ1n) is 6.13. The minimum Gasteiger partial charge on any atom is -0.324 e. The zero-order valence-electron chi connectivity index (χ0n) is 11.0. The van der Waals surface area contributed by atoms with Gasteiger partial charge in [-0.25, -0.2) is 0 Å². The van der Waals surface area contributed by atoms with Crippen molar-refractivity contribution in [2.75, 3.05) is 5.32 Å². The van der Waals surface area contributed by atoms with Crippen molar-refractivity contribution in [3.63, 3.8) is 0 Å². The van der Waals surface area contributed by atoms with Gasteiger partial charge in [0.1, 0.15) is 6.33 Å². The lowest BCUT2D eigenvalue weighted by molar-refractivity contribution is -0.118. The van der Waals surface area contributed by atoms with Crippen molar-refractivity contribution in [2.45, 2.75) is 18.4 Å². The number of rotatable bonds is 3. The lowest BCUT2D eigenvalue weighted by atomic mass is 10.1. The number of hydrogen-bond donors (Lipinski definition) is 2. The van der Waals surface area contributed by atoms with Gasteiger partial charge in [-0.2, -0.15) is 0 Å². The number of aryl methyl sites for hydroxylation is 1. The number of amides is 1. The Balaban J connectivity index is 0.00000147. The average Bonchev–Trinajstić information content (AvgIpc) is 3.00. The van der Waals surface area contributed by atoms with Crippen LogP contribution in [0.1, 0.15) is 12.8 Å². The van der Waals surface area contributed by atoms with E-state index in [-0.39, 0.29) is 18.3 Å². The SMILES string of the molecule is Cl.Cn1cnnc1-c1cccc(NC(=O)C2(N)CC2)c1. The van der Waals surface area contributed by atoms with Gasteiger partial charge < -0.3 is 15.6 Å². The summed E-state index contributed by atoms with van der Waals surface area (Å²) in [5, 5.41) is 10.7. The first-order chi connectivity index (χ1) is 9.08. The number of benzene rings is 1. The van der Waals surface area contributed by atoms with Crippen LogP contribution < -0.4 is 11.1 Å². The number of anilines is 1. The molecular formula is C13H16ClN5O. The number of aromatic nitrogens is 3. The molecule has 20 heavy (non-hydrogen) atoms. The molecule has 1 fully saturated rings. The van der Waals surface area contributed by atoms with Crippen molar-refractivity contribution in [2.24, 2.45) is 12.8 Å². The van der Waals surface area contributed by atoms with Gasteiger partial charge in [0.25, 0.3) is 0 Å². The van der Waals surface area contributed by atoms with Crippen LogP contribution in [0.4, 0.5) is 5.69 Å². The maximum Gasteiger partial charge on any atom is 0.244 e. The van der Waals surface area contributed by atoms with Crippen LogP contribution in [-0.4, -0.2) is 26.2 Å². The van der Waals surface area contributed by atoms with E-state index >= 15 is 0 Å². The van der Waals surface area contributed by atoms with Crippen molar-refractivity contribution in [1.29, 1.82) is 0 Å². The van der Waals surface area contributed by atoms with Gasteiger partial charge in [0, 0.05) is 18.3 Å². The third-order valence-electron chi connectivity index (χ3n) is 3.33. The van der Waals surface area contributed by atoms with Crippen LogP contribution in [0.3, 0.4) is 0 Å². The summed E-state index contributed by atoms with van der Waals surface area (Å²) in [7, 11) is 1.87. The van der Waals surface area contributed by atoms with Gasteiger partial charge in [0.2, 0.25) is 5.91 Å². The molecule has 2 aromatic rings. The summed E-state index contributed by atoms with van der Waals surface area (Å²) in [6.07, 6.45) is 3.14. The summed E-state index contributed by atoms with van der Waals surface area (Å²) >= 11 is 0. The van der Waals surface area contributed by atoms with E-state index in [1.165, 1.54) is 0 Å². The number of nitrogens with two attached hydrogens (primary N) is 1. The number of nitrogens with zero attached hydrogens (tertiary/aromatic N) is 3. The van der Waals surface area contributed by atoms with Gasteiger partial charge in [-0.15, -0.1) is 22.6 Å². The fraction of sp³-hybridized carbons (Fsp3) is 0.308. The van der Waals surface area contributed by atoms with E-state index in [0.717, 1.165) is 29.9 Å². The Hall–Kier alpha value is -1.92. The van der Waals surface area contributed by atoms with Crippen LogP contribution in [0.2, 0.25) is 0 Å². The standard InChI is InChI=1S/C13H15N5O.ClH/c1-18-8-15-17-11(18)9-3-2-4-10(7-9)16-12(19)13(14)5-6-13;/h2-4,7-8H,5-6,14H2,1H3,(H,16,19);1H. The highest BCUT2D eigenvalue weighted by molar-refractivity contribution is 6.00. The predicted molar refractivity (Wildman–Crippen MR) is 78.5 cm³/mol. The van der Waals surface area contributed by atoms with Crippen LogP contribution in [0, 0.1) is 0 Å². The molecule has 0 spiro atoms. The summed E-state index contributed by atoms with van der Waals surface area (Å²) in [6.45, 7) is 0. The van der Waals surface area contributed by atoms with Crippen LogP contribution in [0.15, 0.2) is 30.6 Å². The molecule has 1 aromatic carbocycles. The van der Waals surface area contributed by atoms with E-state index < -0.39 is 5.54 Å². The molecule has 0 bridgehead atoms. The molecule has 6 nitrogen and oxygen atoms in total. The van der Waals surface area contributed by atoms with E-state index in [9.17, 15) is 4.79 Å². The summed E-state index contributed by atoms with van der Waals surface area (Å²) in [5.41, 5.74) is 6.82. The molecule has 3 rings (SSSR count). The molecule has 0 unspecified atom stereocenters. The number of nitrogens with one attached hydrogen (secondary N) is 1. The monoisotopic (exact) mass is 293 g/mol. The number of carbonyl (C=O) groups excluding carboxylic acids is 1. The van der Waals surface area contributed by atoms with E-state index in [0.29, 0.717) is 0 Å². The molecule has 0 atom stereocenters. The summed E-state index contributed by atoms with van der Waals surface area (Å²) < 4.78 is 1.83. The molecule has 1 saturated carbocycles. The second-order valence-electron chi connectivity index (χ2n) is 4.96. The van der Waals surface area contributed by atoms with Gasteiger partial charge in [-0.05, 0) is 25.0 Å². The van der Waals surface area contributed by atoms with Crippen molar-refractivity contribution in [3.05, 3.63) is 30.6 Å². The van der Waals surface area contributed by atoms with E-state index in [4.69, 9.17) is 5.73 Å². The number of carbonyl (C=O) groups is 1. The zero-order chi connectivity index (χ0) is 13.5. The van der Waals surface area contributed by atoms with Gasteiger partial charge in [0.05, 0.1) is 5.54 Å². The second kappa shape index (κ2) is 5.22. The minimum atomic E-state index is -0.666. The average molecular weight is 294 g/mol. The van der Waals surface area contributed by atoms with Crippen LogP contribution >= 0.6 is 12.4 Å². The highest BCUT2D eigenvalue weighted by Gasteiger charge is 2.45. The van der Waals surface area contributed by atoms with E-state index in [1.54, 1.807) is 6.33 Å². The van der Waals surface area contributed by atoms with Crippen LogP contribution in [-0.2, 0) is 11.8 Å². The van der Waals surface area contributed by atoms with Gasteiger partial charge in [0.15, 0.2) is 5.82 Å². The molecule has 0 saturated heterocycles. The Morgan fingerprint density at radius 2 is 2.20 bits per heavy atom. The molecule has 106 valence electrons. The molecule has 1 aliphatic carbocycles. The lowest BCUT2D eigenvalue weighted by Gasteiger charge is -2.11. The molecule has 1 aromatic heterocycles. The normalized spacial score (nSPS) is 15.3. The number of hydrogen-bond acceptors (Lipinski definition) is 4.